The van der Waals surface area contributed by atoms with Crippen LogP contribution >= 0.6 is 0 Å². The predicted octanol–water partition coefficient (Wildman–Crippen LogP) is 2.33. The molecule has 0 heterocycles. The number of amides is 3. The second kappa shape index (κ2) is 13.5. The van der Waals surface area contributed by atoms with Crippen molar-refractivity contribution >= 4 is 29.6 Å². The topological polar surface area (TPSA) is 127 Å². The Morgan fingerprint density at radius 3 is 2.38 bits per heavy atom. The van der Waals surface area contributed by atoms with Crippen LogP contribution in [0.4, 0.5) is 5.69 Å². The minimum atomic E-state index is -0.859. The molecule has 0 spiro atoms. The second-order valence-electron chi connectivity index (χ2n) is 7.51. The Labute approximate surface area is 198 Å². The lowest BCUT2D eigenvalue weighted by atomic mass is 10.2. The third-order valence-electron chi connectivity index (χ3n) is 4.25. The molecule has 34 heavy (non-hydrogen) atoms. The van der Waals surface area contributed by atoms with Gasteiger partial charge >= 0.3 is 11.8 Å². The molecule has 3 N–H and O–H groups in total. The van der Waals surface area contributed by atoms with Gasteiger partial charge in [-0.15, -0.1) is 0 Å². The molecule has 0 aromatic heterocycles. The summed E-state index contributed by atoms with van der Waals surface area (Å²) in [5, 5.41) is 9.02. The molecule has 0 aliphatic carbocycles. The highest BCUT2D eigenvalue weighted by atomic mass is 16.5. The van der Waals surface area contributed by atoms with Gasteiger partial charge in [-0.2, -0.15) is 5.10 Å². The zero-order valence-electron chi connectivity index (χ0n) is 19.7. The van der Waals surface area contributed by atoms with E-state index in [9.17, 15) is 14.4 Å². The molecule has 10 nitrogen and oxygen atoms in total. The molecule has 0 aliphatic heterocycles. The van der Waals surface area contributed by atoms with Crippen molar-refractivity contribution in [1.82, 2.24) is 10.7 Å². The number of hydrogen-bond donors (Lipinski definition) is 3. The number of methoxy groups -OCH3 is 1. The van der Waals surface area contributed by atoms with Crippen LogP contribution in [0, 0.1) is 5.92 Å². The van der Waals surface area contributed by atoms with Gasteiger partial charge < -0.3 is 24.8 Å². The van der Waals surface area contributed by atoms with Gasteiger partial charge in [-0.05, 0) is 60.9 Å². The number of nitrogens with one attached hydrogen (secondary N) is 3. The van der Waals surface area contributed by atoms with E-state index < -0.39 is 11.8 Å². The quantitative estimate of drug-likeness (QED) is 0.263. The third kappa shape index (κ3) is 8.81. The van der Waals surface area contributed by atoms with Crippen LogP contribution in [0.5, 0.6) is 17.2 Å². The average molecular weight is 471 g/mol. The molecule has 0 aliphatic rings. The second-order valence-corrected chi connectivity index (χ2v) is 7.51. The number of rotatable bonds is 11. The Morgan fingerprint density at radius 2 is 1.74 bits per heavy atom. The Bertz CT molecular complexity index is 1010. The minimum Gasteiger partial charge on any atom is -0.494 e. The fraction of sp³-hybridized carbons (Fsp3) is 0.333. The maximum Gasteiger partial charge on any atom is 0.329 e. The molecule has 0 bridgehead atoms. The summed E-state index contributed by atoms with van der Waals surface area (Å²) in [5.41, 5.74) is 3.38. The van der Waals surface area contributed by atoms with Crippen molar-refractivity contribution in [2.24, 2.45) is 11.0 Å². The van der Waals surface area contributed by atoms with Crippen molar-refractivity contribution in [3.63, 3.8) is 0 Å². The highest BCUT2D eigenvalue weighted by molar-refractivity contribution is 6.35. The Hall–Kier alpha value is -4.08. The zero-order chi connectivity index (χ0) is 24.9. The van der Waals surface area contributed by atoms with Gasteiger partial charge in [0.25, 0.3) is 5.91 Å². The smallest absolute Gasteiger partial charge is 0.329 e. The molecule has 0 saturated heterocycles. The number of benzene rings is 2. The van der Waals surface area contributed by atoms with Crippen LogP contribution < -0.4 is 30.3 Å². The van der Waals surface area contributed by atoms with E-state index in [1.165, 1.54) is 13.3 Å². The highest BCUT2D eigenvalue weighted by Gasteiger charge is 2.12. The van der Waals surface area contributed by atoms with Gasteiger partial charge in [-0.25, -0.2) is 5.43 Å². The van der Waals surface area contributed by atoms with Crippen LogP contribution in [0.1, 0.15) is 26.3 Å². The number of carbonyl (C=O) groups is 3. The molecule has 0 atom stereocenters. The van der Waals surface area contributed by atoms with E-state index in [4.69, 9.17) is 14.2 Å². The van der Waals surface area contributed by atoms with E-state index in [0.29, 0.717) is 35.9 Å². The van der Waals surface area contributed by atoms with E-state index in [1.807, 2.05) is 20.8 Å². The van der Waals surface area contributed by atoms with E-state index in [-0.39, 0.29) is 18.4 Å². The molecule has 10 heteroatoms. The summed E-state index contributed by atoms with van der Waals surface area (Å²) in [7, 11) is 1.46. The molecular formula is C24H30N4O6. The normalized spacial score (nSPS) is 10.6. The number of hydrogen-bond acceptors (Lipinski definition) is 7. The molecule has 2 aromatic rings. The lowest BCUT2D eigenvalue weighted by Gasteiger charge is -2.12. The zero-order valence-corrected chi connectivity index (χ0v) is 19.7. The number of anilines is 1. The van der Waals surface area contributed by atoms with E-state index in [1.54, 1.807) is 42.5 Å². The molecule has 182 valence electrons. The standard InChI is InChI=1S/C24H30N4O6/c1-5-33-19-9-7-18(8-10-19)27-22(29)15-34-20-11-6-17(12-21(20)32-4)14-26-28-24(31)23(30)25-13-16(2)3/h6-12,14,16H,5,13,15H2,1-4H3,(H,25,30)(H,27,29)(H,28,31)/b26-14-. The summed E-state index contributed by atoms with van der Waals surface area (Å²) in [6.07, 6.45) is 1.36. The van der Waals surface area contributed by atoms with Crippen molar-refractivity contribution in [2.45, 2.75) is 20.8 Å². The largest absolute Gasteiger partial charge is 0.494 e. The van der Waals surface area contributed by atoms with Crippen LogP contribution in [0.15, 0.2) is 47.6 Å². The molecule has 2 aromatic carbocycles. The summed E-state index contributed by atoms with van der Waals surface area (Å²) >= 11 is 0. The van der Waals surface area contributed by atoms with Crippen molar-refractivity contribution in [2.75, 3.05) is 32.2 Å². The number of nitrogens with zero attached hydrogens (tertiary/aromatic N) is 1. The van der Waals surface area contributed by atoms with Crippen LogP contribution in [0.3, 0.4) is 0 Å². The highest BCUT2D eigenvalue weighted by Crippen LogP contribution is 2.27. The average Bonchev–Trinajstić information content (AvgIpc) is 2.82. The molecule has 0 radical (unpaired) electrons. The summed E-state index contributed by atoms with van der Waals surface area (Å²) in [6, 6.07) is 11.9. The first-order valence-electron chi connectivity index (χ1n) is 10.8. The fourth-order valence-electron chi connectivity index (χ4n) is 2.62. The van der Waals surface area contributed by atoms with Gasteiger partial charge in [-0.1, -0.05) is 13.8 Å². The first kappa shape index (κ1) is 26.2. The first-order chi connectivity index (χ1) is 16.3. The number of ether oxygens (including phenoxy) is 3. The Morgan fingerprint density at radius 1 is 1.00 bits per heavy atom. The van der Waals surface area contributed by atoms with Crippen molar-refractivity contribution in [1.29, 1.82) is 0 Å². The summed E-state index contributed by atoms with van der Waals surface area (Å²) in [5.74, 6) is -0.267. The lowest BCUT2D eigenvalue weighted by molar-refractivity contribution is -0.139. The van der Waals surface area contributed by atoms with E-state index in [2.05, 4.69) is 21.2 Å². The molecule has 0 unspecified atom stereocenters. The van der Waals surface area contributed by atoms with E-state index in [0.717, 1.165) is 5.75 Å². The van der Waals surface area contributed by atoms with Crippen molar-refractivity contribution in [3.8, 4) is 17.2 Å². The molecule has 2 rings (SSSR count). The van der Waals surface area contributed by atoms with Crippen LogP contribution in [0.25, 0.3) is 0 Å². The minimum absolute atomic E-state index is 0.224. The molecule has 0 fully saturated rings. The van der Waals surface area contributed by atoms with Crippen molar-refractivity contribution < 1.29 is 28.6 Å². The Balaban J connectivity index is 1.88. The Kier molecular flexibility index (Phi) is 10.4. The number of hydrazone groups is 1. The maximum absolute atomic E-state index is 12.2. The molecule has 3 amide bonds. The predicted molar refractivity (Wildman–Crippen MR) is 128 cm³/mol. The monoisotopic (exact) mass is 470 g/mol. The van der Waals surface area contributed by atoms with Crippen LogP contribution in [-0.4, -0.2) is 50.8 Å². The van der Waals surface area contributed by atoms with Gasteiger partial charge in [0.15, 0.2) is 18.1 Å². The summed E-state index contributed by atoms with van der Waals surface area (Å²) in [6.45, 7) is 6.48. The first-order valence-corrected chi connectivity index (χ1v) is 10.8. The van der Waals surface area contributed by atoms with Gasteiger partial charge in [-0.3, -0.25) is 14.4 Å². The van der Waals surface area contributed by atoms with Gasteiger partial charge in [0.05, 0.1) is 19.9 Å². The summed E-state index contributed by atoms with van der Waals surface area (Å²) in [4.78, 5) is 35.6. The SMILES string of the molecule is CCOc1ccc(NC(=O)COc2ccc(/C=N\NC(=O)C(=O)NCC(C)C)cc2OC)cc1. The fourth-order valence-corrected chi connectivity index (χ4v) is 2.62. The van der Waals surface area contributed by atoms with Gasteiger partial charge in [0.2, 0.25) is 0 Å². The summed E-state index contributed by atoms with van der Waals surface area (Å²) < 4.78 is 16.3. The number of carbonyl (C=O) groups excluding carboxylic acids is 3. The molecular weight excluding hydrogens is 440 g/mol. The maximum atomic E-state index is 12.2. The van der Waals surface area contributed by atoms with Gasteiger partial charge in [0.1, 0.15) is 5.75 Å². The van der Waals surface area contributed by atoms with E-state index >= 15 is 0 Å². The third-order valence-corrected chi connectivity index (χ3v) is 4.25. The van der Waals surface area contributed by atoms with Crippen molar-refractivity contribution in [3.05, 3.63) is 48.0 Å². The van der Waals surface area contributed by atoms with Crippen LogP contribution in [0.2, 0.25) is 0 Å². The lowest BCUT2D eigenvalue weighted by Crippen LogP contribution is -2.39. The van der Waals surface area contributed by atoms with Gasteiger partial charge in [0, 0.05) is 12.2 Å². The van der Waals surface area contributed by atoms with Crippen LogP contribution in [-0.2, 0) is 14.4 Å². The molecule has 0 saturated carbocycles.